The summed E-state index contributed by atoms with van der Waals surface area (Å²) in [7, 11) is 0. The van der Waals surface area contributed by atoms with Gasteiger partial charge in [0, 0.05) is 11.4 Å². The largest absolute Gasteiger partial charge is 0.442 e. The summed E-state index contributed by atoms with van der Waals surface area (Å²) in [5, 5.41) is 6.77. The molecular formula is C19H19ClN4O4S. The van der Waals surface area contributed by atoms with E-state index < -0.39 is 12.2 Å². The number of hydrogen-bond acceptors (Lipinski definition) is 7. The van der Waals surface area contributed by atoms with E-state index in [0.29, 0.717) is 22.4 Å². The van der Waals surface area contributed by atoms with Gasteiger partial charge in [-0.1, -0.05) is 16.8 Å². The Labute approximate surface area is 176 Å². The fourth-order valence-corrected chi connectivity index (χ4v) is 4.14. The molecule has 1 atom stereocenters. The third-order valence-corrected chi connectivity index (χ3v) is 5.86. The number of halogens is 1. The van der Waals surface area contributed by atoms with Gasteiger partial charge in [-0.25, -0.2) is 4.79 Å². The summed E-state index contributed by atoms with van der Waals surface area (Å²) >= 11 is 7.06. The van der Waals surface area contributed by atoms with Crippen LogP contribution < -0.4 is 15.1 Å². The fourth-order valence-electron chi connectivity index (χ4n) is 3.18. The number of amidine groups is 1. The second-order valence-electron chi connectivity index (χ2n) is 6.57. The lowest BCUT2D eigenvalue weighted by Crippen LogP contribution is -2.35. The number of ether oxygens (including phenoxy) is 1. The molecule has 1 N–H and O–H groups in total. The molecule has 1 saturated heterocycles. The lowest BCUT2D eigenvalue weighted by Gasteiger charge is -2.27. The third kappa shape index (κ3) is 4.30. The molecule has 0 saturated carbocycles. The fraction of sp³-hybridized carbons (Fsp3) is 0.316. The van der Waals surface area contributed by atoms with E-state index >= 15 is 0 Å². The molecule has 29 heavy (non-hydrogen) atoms. The highest BCUT2D eigenvalue weighted by Crippen LogP contribution is 2.26. The molecule has 8 nitrogen and oxygen atoms in total. The summed E-state index contributed by atoms with van der Waals surface area (Å²) in [4.78, 5) is 33.6. The zero-order valence-electron chi connectivity index (χ0n) is 15.6. The second kappa shape index (κ2) is 8.30. The first-order valence-electron chi connectivity index (χ1n) is 9.07. The summed E-state index contributed by atoms with van der Waals surface area (Å²) in [6.07, 6.45) is -0.851. The monoisotopic (exact) mass is 434 g/mol. The number of rotatable bonds is 5. The van der Waals surface area contributed by atoms with Gasteiger partial charge in [0.15, 0.2) is 0 Å². The molecule has 1 aromatic carbocycles. The predicted molar refractivity (Wildman–Crippen MR) is 112 cm³/mol. The molecule has 0 radical (unpaired) electrons. The van der Waals surface area contributed by atoms with Crippen molar-refractivity contribution < 1.29 is 19.2 Å². The number of carbonyl (C=O) groups excluding carboxylic acids is 2. The van der Waals surface area contributed by atoms with Crippen LogP contribution in [0.1, 0.15) is 16.6 Å². The molecule has 0 unspecified atom stereocenters. The van der Waals surface area contributed by atoms with E-state index in [2.05, 4.69) is 10.5 Å². The minimum absolute atomic E-state index is 0.233. The maximum absolute atomic E-state index is 12.3. The van der Waals surface area contributed by atoms with Crippen molar-refractivity contribution in [2.24, 2.45) is 5.16 Å². The molecule has 1 aromatic heterocycles. The van der Waals surface area contributed by atoms with Crippen molar-refractivity contribution >= 4 is 52.1 Å². The molecule has 1 fully saturated rings. The van der Waals surface area contributed by atoms with Crippen molar-refractivity contribution in [3.63, 3.8) is 0 Å². The molecule has 0 spiro atoms. The highest BCUT2D eigenvalue weighted by Gasteiger charge is 2.32. The lowest BCUT2D eigenvalue weighted by atomic mass is 10.2. The average Bonchev–Trinajstić information content (AvgIpc) is 3.32. The average molecular weight is 435 g/mol. The van der Waals surface area contributed by atoms with Gasteiger partial charge < -0.3 is 19.8 Å². The van der Waals surface area contributed by atoms with E-state index in [4.69, 9.17) is 21.2 Å². The Morgan fingerprint density at radius 1 is 1.24 bits per heavy atom. The van der Waals surface area contributed by atoms with Gasteiger partial charge in [0.25, 0.3) is 5.91 Å². The number of thiophene rings is 1. The van der Waals surface area contributed by atoms with Crippen LogP contribution in [0.25, 0.3) is 0 Å². The van der Waals surface area contributed by atoms with E-state index in [1.807, 2.05) is 36.1 Å². The number of amides is 2. The molecular weight excluding hydrogens is 416 g/mol. The van der Waals surface area contributed by atoms with Crippen LogP contribution in [0.3, 0.4) is 0 Å². The van der Waals surface area contributed by atoms with Crippen LogP contribution in [-0.2, 0) is 9.57 Å². The van der Waals surface area contributed by atoms with Crippen molar-refractivity contribution in [2.45, 2.75) is 13.0 Å². The number of carbonyl (C=O) groups is 2. The normalized spacial score (nSPS) is 18.9. The number of benzene rings is 1. The van der Waals surface area contributed by atoms with Gasteiger partial charge in [-0.15, -0.1) is 11.3 Å². The van der Waals surface area contributed by atoms with Crippen molar-refractivity contribution in [1.82, 2.24) is 5.32 Å². The summed E-state index contributed by atoms with van der Waals surface area (Å²) in [6, 6.07) is 10.9. The summed E-state index contributed by atoms with van der Waals surface area (Å²) in [5.41, 5.74) is 1.71. The van der Waals surface area contributed by atoms with E-state index in [1.54, 1.807) is 17.0 Å². The van der Waals surface area contributed by atoms with Crippen molar-refractivity contribution in [3.05, 3.63) is 45.6 Å². The molecule has 2 aliphatic heterocycles. The van der Waals surface area contributed by atoms with Gasteiger partial charge in [0.05, 0.1) is 28.8 Å². The van der Waals surface area contributed by atoms with Crippen LogP contribution in [0.4, 0.5) is 16.2 Å². The first kappa shape index (κ1) is 19.5. The molecule has 0 aliphatic carbocycles. The SMILES string of the molecule is CC1=NOCCN1c1ccc(N2C[C@H](CNC(=O)c3ccc(Cl)s3)OC2=O)cc1. The molecule has 3 heterocycles. The van der Waals surface area contributed by atoms with Crippen LogP contribution in [0.5, 0.6) is 0 Å². The van der Waals surface area contributed by atoms with Crippen molar-refractivity contribution in [3.8, 4) is 0 Å². The zero-order chi connectivity index (χ0) is 20.4. The lowest BCUT2D eigenvalue weighted by molar-refractivity contribution is 0.0920. The summed E-state index contributed by atoms with van der Waals surface area (Å²) in [5.74, 6) is 0.552. The maximum Gasteiger partial charge on any atom is 0.414 e. The van der Waals surface area contributed by atoms with Crippen LogP contribution in [0.15, 0.2) is 41.6 Å². The topological polar surface area (TPSA) is 83.5 Å². The summed E-state index contributed by atoms with van der Waals surface area (Å²) in [6.45, 7) is 3.73. The number of anilines is 2. The van der Waals surface area contributed by atoms with E-state index in [9.17, 15) is 9.59 Å². The Morgan fingerprint density at radius 3 is 2.62 bits per heavy atom. The van der Waals surface area contributed by atoms with Crippen molar-refractivity contribution in [1.29, 1.82) is 0 Å². The minimum atomic E-state index is -0.430. The van der Waals surface area contributed by atoms with Gasteiger partial charge in [-0.05, 0) is 43.3 Å². The van der Waals surface area contributed by atoms with Gasteiger partial charge in [0.2, 0.25) is 0 Å². The molecule has 2 amide bonds. The van der Waals surface area contributed by atoms with E-state index in [0.717, 1.165) is 23.8 Å². The number of oxime groups is 1. The third-order valence-electron chi connectivity index (χ3n) is 4.63. The Kier molecular flexibility index (Phi) is 5.59. The van der Waals surface area contributed by atoms with E-state index in [-0.39, 0.29) is 12.5 Å². The predicted octanol–water partition coefficient (Wildman–Crippen LogP) is 3.33. The van der Waals surface area contributed by atoms with Crippen molar-refractivity contribution in [2.75, 3.05) is 36.0 Å². The standard InChI is InChI=1S/C19H19ClN4O4S/c1-12-22-27-9-8-23(12)13-2-4-14(5-3-13)24-11-15(28-19(24)26)10-21-18(25)16-6-7-17(20)29-16/h2-7,15H,8-11H2,1H3,(H,21,25)/t15-/m0/s1. The molecule has 4 rings (SSSR count). The van der Waals surface area contributed by atoms with Crippen LogP contribution >= 0.6 is 22.9 Å². The van der Waals surface area contributed by atoms with Gasteiger partial charge in [-0.3, -0.25) is 9.69 Å². The molecule has 2 aliphatic rings. The maximum atomic E-state index is 12.3. The summed E-state index contributed by atoms with van der Waals surface area (Å²) < 4.78 is 5.94. The highest BCUT2D eigenvalue weighted by atomic mass is 35.5. The molecule has 2 aromatic rings. The second-order valence-corrected chi connectivity index (χ2v) is 8.28. The Bertz CT molecular complexity index is 946. The zero-order valence-corrected chi connectivity index (χ0v) is 17.2. The minimum Gasteiger partial charge on any atom is -0.442 e. The molecule has 152 valence electrons. The molecule has 10 heteroatoms. The Morgan fingerprint density at radius 2 is 1.97 bits per heavy atom. The first-order valence-corrected chi connectivity index (χ1v) is 10.3. The number of nitrogens with zero attached hydrogens (tertiary/aromatic N) is 3. The van der Waals surface area contributed by atoms with Crippen LogP contribution in [0, 0.1) is 0 Å². The van der Waals surface area contributed by atoms with Gasteiger partial charge in [0.1, 0.15) is 18.5 Å². The Hall–Kier alpha value is -2.78. The number of hydrogen-bond donors (Lipinski definition) is 1. The smallest absolute Gasteiger partial charge is 0.414 e. The van der Waals surface area contributed by atoms with Gasteiger partial charge in [-0.2, -0.15) is 0 Å². The first-order chi connectivity index (χ1) is 14.0. The Balaban J connectivity index is 1.36. The quantitative estimate of drug-likeness (QED) is 0.780. The number of nitrogens with one attached hydrogen (secondary N) is 1. The van der Waals surface area contributed by atoms with Crippen LogP contribution in [-0.4, -0.2) is 50.2 Å². The highest BCUT2D eigenvalue weighted by molar-refractivity contribution is 7.18. The molecule has 0 bridgehead atoms. The van der Waals surface area contributed by atoms with E-state index in [1.165, 1.54) is 11.3 Å². The van der Waals surface area contributed by atoms with Gasteiger partial charge >= 0.3 is 6.09 Å². The van der Waals surface area contributed by atoms with Crippen LogP contribution in [0.2, 0.25) is 4.34 Å². The number of cyclic esters (lactones) is 1.